The Bertz CT molecular complexity index is 1610. The van der Waals surface area contributed by atoms with E-state index in [1.165, 1.54) is 11.3 Å². The molecule has 2 aromatic heterocycles. The van der Waals surface area contributed by atoms with Gasteiger partial charge in [0, 0.05) is 59.5 Å². The van der Waals surface area contributed by atoms with Crippen LogP contribution < -0.4 is 15.7 Å². The largest absolute Gasteiger partial charge is 0.496 e. The van der Waals surface area contributed by atoms with Crippen LogP contribution in [0.1, 0.15) is 38.8 Å². The summed E-state index contributed by atoms with van der Waals surface area (Å²) in [5.74, 6) is 1.28. The number of likely N-dealkylation sites (tertiary alicyclic amines) is 1. The van der Waals surface area contributed by atoms with E-state index in [1.807, 2.05) is 53.1 Å². The van der Waals surface area contributed by atoms with Gasteiger partial charge in [-0.15, -0.1) is 11.3 Å². The number of hydrogen-bond donors (Lipinski definition) is 1. The molecule has 6 rings (SSSR count). The number of nitrogens with one attached hydrogen (secondary N) is 1. The highest BCUT2D eigenvalue weighted by molar-refractivity contribution is 7.21. The van der Waals surface area contributed by atoms with E-state index >= 15 is 0 Å². The van der Waals surface area contributed by atoms with E-state index in [4.69, 9.17) is 16.3 Å². The van der Waals surface area contributed by atoms with Gasteiger partial charge in [0.05, 0.1) is 18.3 Å². The number of hydrogen-bond acceptors (Lipinski definition) is 6. The van der Waals surface area contributed by atoms with E-state index < -0.39 is 0 Å². The van der Waals surface area contributed by atoms with Crippen molar-refractivity contribution in [1.29, 1.82) is 0 Å². The zero-order valence-electron chi connectivity index (χ0n) is 20.9. The molecule has 194 valence electrons. The molecule has 4 heterocycles. The second kappa shape index (κ2) is 10.4. The van der Waals surface area contributed by atoms with Crippen LogP contribution in [-0.2, 0) is 13.1 Å². The number of pyridine rings is 1. The molecule has 0 spiro atoms. The van der Waals surface area contributed by atoms with E-state index in [2.05, 4.69) is 21.5 Å². The number of hydrazone groups is 1. The summed E-state index contributed by atoms with van der Waals surface area (Å²) >= 11 is 7.78. The Hall–Kier alpha value is -3.46. The number of nitrogens with zero attached hydrogens (tertiary/aromatic N) is 3. The molecule has 1 N–H and O–H groups in total. The molecule has 2 bridgehead atoms. The van der Waals surface area contributed by atoms with Crippen molar-refractivity contribution in [2.45, 2.75) is 25.4 Å². The van der Waals surface area contributed by atoms with Crippen molar-refractivity contribution >= 4 is 45.1 Å². The molecule has 0 radical (unpaired) electrons. The zero-order chi connectivity index (χ0) is 26.2. The first kappa shape index (κ1) is 24.9. The van der Waals surface area contributed by atoms with Crippen molar-refractivity contribution in [3.63, 3.8) is 0 Å². The van der Waals surface area contributed by atoms with Gasteiger partial charge in [0.2, 0.25) is 0 Å². The average molecular weight is 547 g/mol. The molecule has 38 heavy (non-hydrogen) atoms. The van der Waals surface area contributed by atoms with Crippen LogP contribution in [0.3, 0.4) is 0 Å². The Morgan fingerprint density at radius 1 is 1.16 bits per heavy atom. The molecule has 1 saturated heterocycles. The Kier molecular flexibility index (Phi) is 6.78. The van der Waals surface area contributed by atoms with E-state index in [1.54, 1.807) is 19.4 Å². The molecule has 0 unspecified atom stereocenters. The maximum absolute atomic E-state index is 12.7. The SMILES string of the molecule is COc1ccc(/C=N\NC(=O)c2sc3ccccc3c2Cl)cc1CN1C[C@H]2C[C@@H](C1)c1cccc(=O)n1C2. The van der Waals surface area contributed by atoms with Crippen molar-refractivity contribution < 1.29 is 9.53 Å². The molecule has 1 fully saturated rings. The normalized spacial score (nSPS) is 19.0. The first-order valence-electron chi connectivity index (χ1n) is 12.6. The van der Waals surface area contributed by atoms with Gasteiger partial charge in [-0.05, 0) is 48.2 Å². The number of benzene rings is 2. The number of rotatable bonds is 6. The standard InChI is InChI=1S/C29H27ClN4O3S/c1-37-24-10-9-18(13-31-32-29(36)28-27(30)22-5-2-3-7-25(22)38-28)11-21(24)17-33-14-19-12-20(16-33)23-6-4-8-26(35)34(23)15-19/h2-11,13,19-20H,12,14-17H2,1H3,(H,32,36)/b31-13-/t19-,20+/m1/s1. The lowest BCUT2D eigenvalue weighted by Crippen LogP contribution is -2.46. The number of aromatic nitrogens is 1. The lowest BCUT2D eigenvalue weighted by atomic mass is 9.83. The van der Waals surface area contributed by atoms with E-state index in [-0.39, 0.29) is 11.5 Å². The van der Waals surface area contributed by atoms with Gasteiger partial charge in [-0.1, -0.05) is 35.9 Å². The number of carbonyl (C=O) groups excluding carboxylic acids is 1. The monoisotopic (exact) mass is 546 g/mol. The molecule has 0 saturated carbocycles. The van der Waals surface area contributed by atoms with Crippen LogP contribution in [0.4, 0.5) is 0 Å². The predicted octanol–water partition coefficient (Wildman–Crippen LogP) is 5.11. The molecule has 9 heteroatoms. The van der Waals surface area contributed by atoms with Crippen molar-refractivity contribution in [2.75, 3.05) is 20.2 Å². The van der Waals surface area contributed by atoms with Crippen molar-refractivity contribution in [2.24, 2.45) is 11.0 Å². The van der Waals surface area contributed by atoms with E-state index in [0.717, 1.165) is 65.3 Å². The van der Waals surface area contributed by atoms with Gasteiger partial charge in [-0.25, -0.2) is 5.43 Å². The minimum atomic E-state index is -0.333. The van der Waals surface area contributed by atoms with E-state index in [9.17, 15) is 9.59 Å². The van der Waals surface area contributed by atoms with E-state index in [0.29, 0.717) is 21.7 Å². The summed E-state index contributed by atoms with van der Waals surface area (Å²) in [5, 5.41) is 5.50. The lowest BCUT2D eigenvalue weighted by molar-refractivity contribution is 0.0959. The minimum Gasteiger partial charge on any atom is -0.496 e. The number of carbonyl (C=O) groups is 1. The number of halogens is 1. The number of fused-ring (bicyclic) bond motifs is 5. The van der Waals surface area contributed by atoms with Gasteiger partial charge in [0.1, 0.15) is 10.6 Å². The fourth-order valence-electron chi connectivity index (χ4n) is 5.74. The maximum Gasteiger partial charge on any atom is 0.283 e. The van der Waals surface area contributed by atoms with Crippen LogP contribution in [0, 0.1) is 5.92 Å². The van der Waals surface area contributed by atoms with Crippen LogP contribution in [0.2, 0.25) is 5.02 Å². The molecule has 2 aliphatic heterocycles. The van der Waals surface area contributed by atoms with Gasteiger partial charge < -0.3 is 9.30 Å². The highest BCUT2D eigenvalue weighted by Crippen LogP contribution is 2.37. The molecule has 7 nitrogen and oxygen atoms in total. The summed E-state index contributed by atoms with van der Waals surface area (Å²) < 4.78 is 8.57. The summed E-state index contributed by atoms with van der Waals surface area (Å²) in [4.78, 5) is 27.9. The number of amides is 1. The van der Waals surface area contributed by atoms with Gasteiger partial charge in [0.15, 0.2) is 0 Å². The van der Waals surface area contributed by atoms with Crippen molar-refractivity contribution in [1.82, 2.24) is 14.9 Å². The molecular formula is C29H27ClN4O3S. The maximum atomic E-state index is 12.7. The third-order valence-electron chi connectivity index (χ3n) is 7.37. The third-order valence-corrected chi connectivity index (χ3v) is 9.05. The molecule has 4 aromatic rings. The van der Waals surface area contributed by atoms with Crippen LogP contribution in [0.15, 0.2) is 70.6 Å². The summed E-state index contributed by atoms with van der Waals surface area (Å²) in [6.07, 6.45) is 2.75. The molecule has 2 aromatic carbocycles. The quantitative estimate of drug-likeness (QED) is 0.269. The van der Waals surface area contributed by atoms with Crippen LogP contribution in [0.5, 0.6) is 5.75 Å². The first-order valence-corrected chi connectivity index (χ1v) is 13.8. The smallest absolute Gasteiger partial charge is 0.283 e. The number of methoxy groups -OCH3 is 1. The topological polar surface area (TPSA) is 75.9 Å². The lowest BCUT2D eigenvalue weighted by Gasteiger charge is -2.42. The fourth-order valence-corrected chi connectivity index (χ4v) is 7.15. The Morgan fingerprint density at radius 2 is 2.03 bits per heavy atom. The molecular weight excluding hydrogens is 520 g/mol. The number of piperidine rings is 1. The van der Waals surface area contributed by atoms with Gasteiger partial charge in [0.25, 0.3) is 11.5 Å². The second-order valence-corrected chi connectivity index (χ2v) is 11.3. The van der Waals surface area contributed by atoms with Crippen molar-refractivity contribution in [3.05, 3.63) is 97.7 Å². The summed E-state index contributed by atoms with van der Waals surface area (Å²) in [5.41, 5.74) is 5.76. The number of ether oxygens (including phenoxy) is 1. The molecule has 2 aliphatic rings. The molecule has 1 amide bonds. The Labute approximate surface area is 229 Å². The third kappa shape index (κ3) is 4.75. The van der Waals surface area contributed by atoms with Crippen LogP contribution in [0.25, 0.3) is 10.1 Å². The van der Waals surface area contributed by atoms with Gasteiger partial charge >= 0.3 is 0 Å². The molecule has 2 atom stereocenters. The summed E-state index contributed by atoms with van der Waals surface area (Å²) in [6.45, 7) is 3.34. The zero-order valence-corrected chi connectivity index (χ0v) is 22.5. The van der Waals surface area contributed by atoms with Crippen LogP contribution in [-0.4, -0.2) is 41.8 Å². The van der Waals surface area contributed by atoms with Gasteiger partial charge in [-0.3, -0.25) is 14.5 Å². The summed E-state index contributed by atoms with van der Waals surface area (Å²) in [7, 11) is 1.68. The number of thiophene rings is 1. The average Bonchev–Trinajstić information content (AvgIpc) is 3.26. The predicted molar refractivity (Wildman–Crippen MR) is 152 cm³/mol. The molecule has 0 aliphatic carbocycles. The Balaban J connectivity index is 1.16. The highest BCUT2D eigenvalue weighted by Gasteiger charge is 2.34. The van der Waals surface area contributed by atoms with Gasteiger partial charge in [-0.2, -0.15) is 5.10 Å². The highest BCUT2D eigenvalue weighted by atomic mass is 35.5. The fraction of sp³-hybridized carbons (Fsp3) is 0.276. The van der Waals surface area contributed by atoms with Crippen molar-refractivity contribution in [3.8, 4) is 5.75 Å². The minimum absolute atomic E-state index is 0.0982. The first-order chi connectivity index (χ1) is 18.5. The Morgan fingerprint density at radius 3 is 2.87 bits per heavy atom. The second-order valence-electron chi connectivity index (χ2n) is 9.90. The summed E-state index contributed by atoms with van der Waals surface area (Å²) in [6, 6.07) is 19.2. The van der Waals surface area contributed by atoms with Crippen LogP contribution >= 0.6 is 22.9 Å².